The van der Waals surface area contributed by atoms with Crippen LogP contribution < -0.4 is 10.1 Å². The van der Waals surface area contributed by atoms with Crippen LogP contribution in [-0.2, 0) is 16.1 Å². The van der Waals surface area contributed by atoms with Crippen molar-refractivity contribution in [3.8, 4) is 5.75 Å². The minimum absolute atomic E-state index is 0.0505. The van der Waals surface area contributed by atoms with E-state index < -0.39 is 6.04 Å². The number of amides is 2. The molecule has 1 aromatic heterocycles. The number of carbonyl (C=O) groups is 2. The Morgan fingerprint density at radius 2 is 2.00 bits per heavy atom. The van der Waals surface area contributed by atoms with Gasteiger partial charge in [0.15, 0.2) is 5.11 Å². The van der Waals surface area contributed by atoms with Crippen molar-refractivity contribution in [2.45, 2.75) is 39.3 Å². The first-order valence-electron chi connectivity index (χ1n) is 9.70. The molecular formula is C21H25N3O3S2. The molecule has 1 aromatic carbocycles. The Morgan fingerprint density at radius 3 is 2.62 bits per heavy atom. The second-order valence-corrected chi connectivity index (χ2v) is 8.11. The summed E-state index contributed by atoms with van der Waals surface area (Å²) in [7, 11) is 0. The number of hydrogen-bond donors (Lipinski definition) is 1. The summed E-state index contributed by atoms with van der Waals surface area (Å²) >= 11 is 7.12. The lowest BCUT2D eigenvalue weighted by molar-refractivity contribution is -0.130. The molecule has 1 fully saturated rings. The molecule has 154 valence electrons. The largest absolute Gasteiger partial charge is 0.494 e. The summed E-state index contributed by atoms with van der Waals surface area (Å²) in [6.07, 6.45) is 0.988. The van der Waals surface area contributed by atoms with Gasteiger partial charge >= 0.3 is 0 Å². The molecule has 0 radical (unpaired) electrons. The highest BCUT2D eigenvalue weighted by atomic mass is 32.1. The Bertz CT molecular complexity index is 853. The number of rotatable bonds is 9. The van der Waals surface area contributed by atoms with Gasteiger partial charge in [-0.3, -0.25) is 14.5 Å². The number of benzene rings is 1. The van der Waals surface area contributed by atoms with Crippen LogP contribution in [0, 0.1) is 0 Å². The zero-order valence-corrected chi connectivity index (χ0v) is 18.2. The van der Waals surface area contributed by atoms with E-state index in [0.29, 0.717) is 30.5 Å². The third-order valence-corrected chi connectivity index (χ3v) is 5.93. The van der Waals surface area contributed by atoms with Gasteiger partial charge in [0.25, 0.3) is 5.91 Å². The Hall–Kier alpha value is -2.45. The predicted molar refractivity (Wildman–Crippen MR) is 119 cm³/mol. The summed E-state index contributed by atoms with van der Waals surface area (Å²) in [5, 5.41) is 5.34. The van der Waals surface area contributed by atoms with Gasteiger partial charge in [-0.1, -0.05) is 13.0 Å². The SMILES string of the molecule is CCCOc1ccc(NC(=O)C[C@H]2C(=O)N(CC)C(=S)N2Cc2cccs2)cc1. The van der Waals surface area contributed by atoms with Gasteiger partial charge < -0.3 is 15.0 Å². The van der Waals surface area contributed by atoms with E-state index in [2.05, 4.69) is 5.32 Å². The number of anilines is 1. The van der Waals surface area contributed by atoms with E-state index in [1.165, 1.54) is 0 Å². The molecule has 0 saturated carbocycles. The van der Waals surface area contributed by atoms with Crippen LogP contribution in [0.3, 0.4) is 0 Å². The topological polar surface area (TPSA) is 61.9 Å². The fourth-order valence-electron chi connectivity index (χ4n) is 3.17. The molecule has 8 heteroatoms. The molecule has 0 bridgehead atoms. The van der Waals surface area contributed by atoms with Crippen LogP contribution in [0.5, 0.6) is 5.75 Å². The number of hydrogen-bond acceptors (Lipinski definition) is 5. The molecule has 3 rings (SSSR count). The molecule has 2 aromatic rings. The van der Waals surface area contributed by atoms with Crippen molar-refractivity contribution < 1.29 is 14.3 Å². The van der Waals surface area contributed by atoms with Crippen LogP contribution in [0.15, 0.2) is 41.8 Å². The van der Waals surface area contributed by atoms with E-state index in [9.17, 15) is 9.59 Å². The molecule has 1 saturated heterocycles. The van der Waals surface area contributed by atoms with Crippen molar-refractivity contribution >= 4 is 46.2 Å². The molecule has 1 N–H and O–H groups in total. The monoisotopic (exact) mass is 431 g/mol. The fraction of sp³-hybridized carbons (Fsp3) is 0.381. The van der Waals surface area contributed by atoms with Gasteiger partial charge in [0.2, 0.25) is 5.91 Å². The van der Waals surface area contributed by atoms with E-state index in [0.717, 1.165) is 17.0 Å². The van der Waals surface area contributed by atoms with Crippen LogP contribution in [-0.4, -0.2) is 45.9 Å². The van der Waals surface area contributed by atoms with Gasteiger partial charge in [-0.25, -0.2) is 0 Å². The number of carbonyl (C=O) groups excluding carboxylic acids is 2. The summed E-state index contributed by atoms with van der Waals surface area (Å²) in [5.74, 6) is 0.428. The van der Waals surface area contributed by atoms with Crippen molar-refractivity contribution in [2.24, 2.45) is 0 Å². The standard InChI is InChI=1S/C21H25N3O3S2/c1-3-11-27-16-9-7-15(8-10-16)22-19(25)13-18-20(26)23(4-2)21(28)24(18)14-17-6-5-12-29-17/h5-10,12,18H,3-4,11,13-14H2,1-2H3,(H,22,25)/t18-/m0/s1. The fourth-order valence-corrected chi connectivity index (χ4v) is 4.29. The number of thiophene rings is 1. The van der Waals surface area contributed by atoms with Crippen molar-refractivity contribution in [3.63, 3.8) is 0 Å². The van der Waals surface area contributed by atoms with E-state index in [1.54, 1.807) is 28.4 Å². The van der Waals surface area contributed by atoms with Gasteiger partial charge in [0, 0.05) is 17.1 Å². The summed E-state index contributed by atoms with van der Waals surface area (Å²) in [5.41, 5.74) is 0.670. The molecule has 0 spiro atoms. The van der Waals surface area contributed by atoms with Crippen LogP contribution in [0.1, 0.15) is 31.6 Å². The third kappa shape index (κ3) is 5.13. The molecule has 2 heterocycles. The Balaban J connectivity index is 1.66. The zero-order chi connectivity index (χ0) is 20.8. The van der Waals surface area contributed by atoms with Gasteiger partial charge in [-0.15, -0.1) is 11.3 Å². The highest BCUT2D eigenvalue weighted by molar-refractivity contribution is 7.80. The highest BCUT2D eigenvalue weighted by Crippen LogP contribution is 2.25. The van der Waals surface area contributed by atoms with Crippen LogP contribution in [0.25, 0.3) is 0 Å². The molecule has 0 aliphatic carbocycles. The normalized spacial score (nSPS) is 16.4. The van der Waals surface area contributed by atoms with E-state index >= 15 is 0 Å². The molecule has 6 nitrogen and oxygen atoms in total. The Kier molecular flexibility index (Phi) is 7.22. The van der Waals surface area contributed by atoms with Crippen molar-refractivity contribution in [3.05, 3.63) is 46.7 Å². The van der Waals surface area contributed by atoms with Gasteiger partial charge in [-0.05, 0) is 61.3 Å². The summed E-state index contributed by atoms with van der Waals surface area (Å²) in [6.45, 7) is 5.61. The second kappa shape index (κ2) is 9.84. The Morgan fingerprint density at radius 1 is 1.24 bits per heavy atom. The van der Waals surface area contributed by atoms with Gasteiger partial charge in [-0.2, -0.15) is 0 Å². The average Bonchev–Trinajstić information content (AvgIpc) is 3.30. The number of thiocarbonyl (C=S) groups is 1. The number of ether oxygens (including phenoxy) is 1. The maximum atomic E-state index is 12.8. The summed E-state index contributed by atoms with van der Waals surface area (Å²) in [4.78, 5) is 30.0. The smallest absolute Gasteiger partial charge is 0.252 e. The van der Waals surface area contributed by atoms with Gasteiger partial charge in [0.05, 0.1) is 19.6 Å². The molecule has 0 unspecified atom stereocenters. The second-order valence-electron chi connectivity index (χ2n) is 6.71. The number of likely N-dealkylation sites (N-methyl/N-ethyl adjacent to an activating group) is 1. The van der Waals surface area contributed by atoms with E-state index in [4.69, 9.17) is 17.0 Å². The third-order valence-electron chi connectivity index (χ3n) is 4.62. The Labute approximate surface area is 180 Å². The van der Waals surface area contributed by atoms with E-state index in [1.807, 2.05) is 48.4 Å². The van der Waals surface area contributed by atoms with Crippen molar-refractivity contribution in [2.75, 3.05) is 18.5 Å². The first-order valence-corrected chi connectivity index (χ1v) is 11.0. The quantitative estimate of drug-likeness (QED) is 0.611. The minimum Gasteiger partial charge on any atom is -0.494 e. The lowest BCUT2D eigenvalue weighted by Crippen LogP contribution is -2.37. The molecular weight excluding hydrogens is 406 g/mol. The number of nitrogens with one attached hydrogen (secondary N) is 1. The van der Waals surface area contributed by atoms with Crippen LogP contribution >= 0.6 is 23.6 Å². The maximum absolute atomic E-state index is 12.8. The zero-order valence-electron chi connectivity index (χ0n) is 16.6. The van der Waals surface area contributed by atoms with Crippen molar-refractivity contribution in [1.82, 2.24) is 9.80 Å². The maximum Gasteiger partial charge on any atom is 0.252 e. The molecule has 1 aliphatic rings. The highest BCUT2D eigenvalue weighted by Gasteiger charge is 2.42. The van der Waals surface area contributed by atoms with Crippen LogP contribution in [0.4, 0.5) is 5.69 Å². The lowest BCUT2D eigenvalue weighted by Gasteiger charge is -2.23. The minimum atomic E-state index is -0.586. The molecule has 29 heavy (non-hydrogen) atoms. The van der Waals surface area contributed by atoms with Gasteiger partial charge in [0.1, 0.15) is 11.8 Å². The number of nitrogens with zero attached hydrogens (tertiary/aromatic N) is 2. The summed E-state index contributed by atoms with van der Waals surface area (Å²) < 4.78 is 5.55. The van der Waals surface area contributed by atoms with Crippen molar-refractivity contribution in [1.29, 1.82) is 0 Å². The predicted octanol–water partition coefficient (Wildman–Crippen LogP) is 3.88. The first-order chi connectivity index (χ1) is 14.0. The first kappa shape index (κ1) is 21.3. The lowest BCUT2D eigenvalue weighted by atomic mass is 10.1. The molecule has 1 aliphatic heterocycles. The van der Waals surface area contributed by atoms with Crippen LogP contribution in [0.2, 0.25) is 0 Å². The molecule has 2 amide bonds. The average molecular weight is 432 g/mol. The molecule has 1 atom stereocenters. The summed E-state index contributed by atoms with van der Waals surface area (Å²) in [6, 6.07) is 10.6. The van der Waals surface area contributed by atoms with E-state index in [-0.39, 0.29) is 18.2 Å².